The third-order valence-corrected chi connectivity index (χ3v) is 2.44. The molecule has 0 saturated carbocycles. The van der Waals surface area contributed by atoms with Gasteiger partial charge in [0.25, 0.3) is 0 Å². The highest BCUT2D eigenvalue weighted by atomic mass is 16.4. The van der Waals surface area contributed by atoms with Crippen LogP contribution >= 0.6 is 0 Å². The van der Waals surface area contributed by atoms with Crippen molar-refractivity contribution in [2.45, 2.75) is 13.3 Å². The van der Waals surface area contributed by atoms with Crippen molar-refractivity contribution in [3.05, 3.63) is 24.3 Å². The van der Waals surface area contributed by atoms with Gasteiger partial charge in [0.1, 0.15) is 0 Å². The van der Waals surface area contributed by atoms with Crippen LogP contribution in [-0.4, -0.2) is 41.5 Å². The number of anilines is 2. The number of hydrogen-bond acceptors (Lipinski definition) is 3. The standard InChI is InChI=1S/C13H17N3O4/c1-9(17)14-10-4-3-5-11(8-10)15-13(20)16(2)7-6-12(18)19/h3-5,8H,6-7H2,1-2H3,(H,14,17)(H,15,20)(H,18,19). The van der Waals surface area contributed by atoms with Gasteiger partial charge in [-0.05, 0) is 18.2 Å². The highest BCUT2D eigenvalue weighted by Crippen LogP contribution is 2.15. The summed E-state index contributed by atoms with van der Waals surface area (Å²) in [5.74, 6) is -1.16. The SMILES string of the molecule is CC(=O)Nc1cccc(NC(=O)N(C)CCC(=O)O)c1. The number of carboxylic acids is 1. The number of carbonyl (C=O) groups is 3. The van der Waals surface area contributed by atoms with E-state index >= 15 is 0 Å². The Bertz CT molecular complexity index is 516. The fraction of sp³-hybridized carbons (Fsp3) is 0.308. The first-order chi connectivity index (χ1) is 9.38. The van der Waals surface area contributed by atoms with Crippen LogP contribution in [0.4, 0.5) is 16.2 Å². The lowest BCUT2D eigenvalue weighted by molar-refractivity contribution is -0.137. The molecule has 3 N–H and O–H groups in total. The van der Waals surface area contributed by atoms with Crippen molar-refractivity contribution in [1.82, 2.24) is 4.90 Å². The molecular weight excluding hydrogens is 262 g/mol. The van der Waals surface area contributed by atoms with Crippen LogP contribution in [0.1, 0.15) is 13.3 Å². The average molecular weight is 279 g/mol. The normalized spacial score (nSPS) is 9.70. The molecule has 7 heteroatoms. The molecule has 1 aromatic carbocycles. The van der Waals surface area contributed by atoms with Crippen molar-refractivity contribution in [2.24, 2.45) is 0 Å². The summed E-state index contributed by atoms with van der Waals surface area (Å²) in [7, 11) is 1.51. The number of aliphatic carboxylic acids is 1. The van der Waals surface area contributed by atoms with E-state index in [9.17, 15) is 14.4 Å². The van der Waals surface area contributed by atoms with Crippen molar-refractivity contribution in [2.75, 3.05) is 24.2 Å². The molecule has 0 aromatic heterocycles. The van der Waals surface area contributed by atoms with E-state index in [4.69, 9.17) is 5.11 Å². The molecule has 0 bridgehead atoms. The Labute approximate surface area is 116 Å². The zero-order valence-corrected chi connectivity index (χ0v) is 11.3. The van der Waals surface area contributed by atoms with Crippen LogP contribution in [0.2, 0.25) is 0 Å². The fourth-order valence-electron chi connectivity index (χ4n) is 1.46. The molecule has 0 spiro atoms. The molecule has 0 aliphatic heterocycles. The number of rotatable bonds is 5. The van der Waals surface area contributed by atoms with E-state index < -0.39 is 12.0 Å². The molecular formula is C13H17N3O4. The van der Waals surface area contributed by atoms with Gasteiger partial charge in [0.15, 0.2) is 0 Å². The number of nitrogens with one attached hydrogen (secondary N) is 2. The third kappa shape index (κ3) is 5.38. The van der Waals surface area contributed by atoms with Gasteiger partial charge in [-0.3, -0.25) is 9.59 Å². The van der Waals surface area contributed by atoms with Crippen LogP contribution in [-0.2, 0) is 9.59 Å². The lowest BCUT2D eigenvalue weighted by Gasteiger charge is -2.17. The molecule has 0 aliphatic rings. The summed E-state index contributed by atoms with van der Waals surface area (Å²) < 4.78 is 0. The lowest BCUT2D eigenvalue weighted by atomic mass is 10.2. The summed E-state index contributed by atoms with van der Waals surface area (Å²) in [5, 5.41) is 13.8. The van der Waals surface area contributed by atoms with Crippen LogP contribution in [0.3, 0.4) is 0 Å². The molecule has 1 aromatic rings. The number of urea groups is 1. The summed E-state index contributed by atoms with van der Waals surface area (Å²) in [6, 6.07) is 6.27. The number of benzene rings is 1. The largest absolute Gasteiger partial charge is 0.481 e. The maximum atomic E-state index is 11.8. The molecule has 0 heterocycles. The van der Waals surface area contributed by atoms with Crippen LogP contribution in [0.25, 0.3) is 0 Å². The Morgan fingerprint density at radius 1 is 1.20 bits per heavy atom. The zero-order chi connectivity index (χ0) is 15.1. The Morgan fingerprint density at radius 3 is 2.35 bits per heavy atom. The van der Waals surface area contributed by atoms with Crippen molar-refractivity contribution in [3.8, 4) is 0 Å². The van der Waals surface area contributed by atoms with Crippen molar-refractivity contribution in [1.29, 1.82) is 0 Å². The van der Waals surface area contributed by atoms with Gasteiger partial charge < -0.3 is 20.6 Å². The van der Waals surface area contributed by atoms with E-state index in [-0.39, 0.29) is 18.9 Å². The van der Waals surface area contributed by atoms with Gasteiger partial charge in [-0.2, -0.15) is 0 Å². The number of amides is 3. The van der Waals surface area contributed by atoms with E-state index in [1.807, 2.05) is 0 Å². The molecule has 1 rings (SSSR count). The molecule has 20 heavy (non-hydrogen) atoms. The summed E-state index contributed by atoms with van der Waals surface area (Å²) in [6.45, 7) is 1.51. The lowest BCUT2D eigenvalue weighted by Crippen LogP contribution is -2.33. The highest BCUT2D eigenvalue weighted by Gasteiger charge is 2.10. The summed E-state index contributed by atoms with van der Waals surface area (Å²) in [4.78, 5) is 34.4. The van der Waals surface area contributed by atoms with Gasteiger partial charge in [-0.25, -0.2) is 4.79 Å². The maximum absolute atomic E-state index is 11.8. The topological polar surface area (TPSA) is 98.7 Å². The summed E-state index contributed by atoms with van der Waals surface area (Å²) in [6.07, 6.45) is -0.115. The van der Waals surface area contributed by atoms with E-state index in [1.54, 1.807) is 24.3 Å². The predicted molar refractivity (Wildman–Crippen MR) is 74.6 cm³/mol. The second kappa shape index (κ2) is 7.13. The molecule has 0 fully saturated rings. The van der Waals surface area contributed by atoms with Crippen LogP contribution < -0.4 is 10.6 Å². The minimum absolute atomic E-state index is 0.115. The van der Waals surface area contributed by atoms with E-state index in [0.717, 1.165) is 0 Å². The zero-order valence-electron chi connectivity index (χ0n) is 11.3. The first kappa shape index (κ1) is 15.5. The molecule has 0 saturated heterocycles. The Kier molecular flexibility index (Phi) is 5.52. The van der Waals surface area contributed by atoms with Gasteiger partial charge in [0, 0.05) is 31.9 Å². The Balaban J connectivity index is 2.61. The second-order valence-corrected chi connectivity index (χ2v) is 4.26. The number of carbonyl (C=O) groups excluding carboxylic acids is 2. The van der Waals surface area contributed by atoms with E-state index in [1.165, 1.54) is 18.9 Å². The van der Waals surface area contributed by atoms with Crippen molar-refractivity contribution < 1.29 is 19.5 Å². The summed E-state index contributed by atoms with van der Waals surface area (Å²) >= 11 is 0. The molecule has 7 nitrogen and oxygen atoms in total. The quantitative estimate of drug-likeness (QED) is 0.762. The maximum Gasteiger partial charge on any atom is 0.321 e. The third-order valence-electron chi connectivity index (χ3n) is 2.44. The second-order valence-electron chi connectivity index (χ2n) is 4.26. The van der Waals surface area contributed by atoms with Gasteiger partial charge >= 0.3 is 12.0 Å². The Morgan fingerprint density at radius 2 is 1.80 bits per heavy atom. The first-order valence-corrected chi connectivity index (χ1v) is 6.00. The number of hydrogen-bond donors (Lipinski definition) is 3. The van der Waals surface area contributed by atoms with Crippen LogP contribution in [0.5, 0.6) is 0 Å². The van der Waals surface area contributed by atoms with Crippen LogP contribution in [0, 0.1) is 0 Å². The number of nitrogens with zero attached hydrogens (tertiary/aromatic N) is 1. The van der Waals surface area contributed by atoms with Crippen molar-refractivity contribution in [3.63, 3.8) is 0 Å². The minimum Gasteiger partial charge on any atom is -0.481 e. The summed E-state index contributed by atoms with van der Waals surface area (Å²) in [5.41, 5.74) is 1.09. The molecule has 0 radical (unpaired) electrons. The fourth-order valence-corrected chi connectivity index (χ4v) is 1.46. The monoisotopic (exact) mass is 279 g/mol. The van der Waals surface area contributed by atoms with E-state index in [0.29, 0.717) is 11.4 Å². The molecule has 108 valence electrons. The molecule has 0 aliphatic carbocycles. The average Bonchev–Trinajstić information content (AvgIpc) is 2.35. The van der Waals surface area contributed by atoms with Gasteiger partial charge in [0.05, 0.1) is 6.42 Å². The smallest absolute Gasteiger partial charge is 0.321 e. The van der Waals surface area contributed by atoms with Crippen molar-refractivity contribution >= 4 is 29.3 Å². The molecule has 3 amide bonds. The first-order valence-electron chi connectivity index (χ1n) is 6.00. The van der Waals surface area contributed by atoms with Crippen LogP contribution in [0.15, 0.2) is 24.3 Å². The van der Waals surface area contributed by atoms with Gasteiger partial charge in [-0.15, -0.1) is 0 Å². The Hall–Kier alpha value is -2.57. The minimum atomic E-state index is -0.961. The molecule has 0 unspecified atom stereocenters. The highest BCUT2D eigenvalue weighted by molar-refractivity contribution is 5.92. The predicted octanol–water partition coefficient (Wildman–Crippen LogP) is 1.58. The number of carboxylic acid groups (broad SMARTS) is 1. The van der Waals surface area contributed by atoms with Gasteiger partial charge in [-0.1, -0.05) is 6.07 Å². The van der Waals surface area contributed by atoms with Gasteiger partial charge in [0.2, 0.25) is 5.91 Å². The molecule has 0 atom stereocenters. The van der Waals surface area contributed by atoms with E-state index in [2.05, 4.69) is 10.6 Å².